The van der Waals surface area contributed by atoms with E-state index in [9.17, 15) is 4.79 Å². The van der Waals surface area contributed by atoms with Crippen LogP contribution in [0.5, 0.6) is 5.75 Å². The zero-order chi connectivity index (χ0) is 15.3. The number of aromatic nitrogens is 1. The molecule has 1 rings (SSSR count). The van der Waals surface area contributed by atoms with Gasteiger partial charge in [-0.1, -0.05) is 23.2 Å². The Balaban J connectivity index is 2.45. The van der Waals surface area contributed by atoms with E-state index < -0.39 is 11.7 Å². The van der Waals surface area contributed by atoms with Crippen LogP contribution >= 0.6 is 23.2 Å². The van der Waals surface area contributed by atoms with Crippen molar-refractivity contribution in [3.8, 4) is 5.75 Å². The summed E-state index contributed by atoms with van der Waals surface area (Å²) in [6.07, 6.45) is 0.915. The monoisotopic (exact) mass is 320 g/mol. The summed E-state index contributed by atoms with van der Waals surface area (Å²) in [5.41, 5.74) is -0.535. The van der Waals surface area contributed by atoms with Crippen LogP contribution in [0.2, 0.25) is 10.2 Å². The molecule has 0 bridgehead atoms. The molecule has 0 saturated heterocycles. The molecule has 1 unspecified atom stereocenters. The molecular weight excluding hydrogens is 303 g/mol. The molecule has 0 aliphatic rings. The molecule has 5 nitrogen and oxygen atoms in total. The zero-order valence-electron chi connectivity index (χ0n) is 11.9. The smallest absolute Gasteiger partial charge is 0.407 e. The third kappa shape index (κ3) is 6.30. The summed E-state index contributed by atoms with van der Waals surface area (Å²) in [6, 6.07) is 1.28. The van der Waals surface area contributed by atoms with Gasteiger partial charge in [0.1, 0.15) is 28.1 Å². The Bertz CT molecular complexity index is 475. The van der Waals surface area contributed by atoms with E-state index in [2.05, 4.69) is 10.3 Å². The quantitative estimate of drug-likeness (QED) is 0.860. The van der Waals surface area contributed by atoms with E-state index in [0.717, 1.165) is 0 Å². The van der Waals surface area contributed by atoms with Crippen molar-refractivity contribution >= 4 is 29.3 Å². The van der Waals surface area contributed by atoms with Crippen molar-refractivity contribution in [3.05, 3.63) is 22.4 Å². The number of nitrogens with zero attached hydrogens (tertiary/aromatic N) is 1. The van der Waals surface area contributed by atoms with E-state index in [1.165, 1.54) is 12.3 Å². The van der Waals surface area contributed by atoms with Crippen LogP contribution in [0.4, 0.5) is 4.79 Å². The van der Waals surface area contributed by atoms with Crippen LogP contribution in [0.3, 0.4) is 0 Å². The lowest BCUT2D eigenvalue weighted by atomic mass is 10.2. The van der Waals surface area contributed by atoms with Crippen molar-refractivity contribution in [1.29, 1.82) is 0 Å². The normalized spacial score (nSPS) is 12.7. The second kappa shape index (κ2) is 6.99. The molecule has 0 fully saturated rings. The topological polar surface area (TPSA) is 60.5 Å². The summed E-state index contributed by atoms with van der Waals surface area (Å²) in [6.45, 7) is 7.42. The number of hydrogen-bond donors (Lipinski definition) is 1. The predicted octanol–water partition coefficient (Wildman–Crippen LogP) is 3.68. The van der Waals surface area contributed by atoms with Crippen LogP contribution in [0.25, 0.3) is 0 Å². The number of halogens is 2. The number of rotatable bonds is 4. The SMILES string of the molecule is CC(COc1cc(Cl)ncc1Cl)NC(=O)OC(C)(C)C. The summed E-state index contributed by atoms with van der Waals surface area (Å²) >= 11 is 11.7. The molecule has 7 heteroatoms. The molecule has 1 aromatic heterocycles. The Kier molecular flexibility index (Phi) is 5.89. The van der Waals surface area contributed by atoms with Crippen molar-refractivity contribution < 1.29 is 14.3 Å². The van der Waals surface area contributed by atoms with Crippen LogP contribution in [-0.4, -0.2) is 29.3 Å². The molecular formula is C13H18Cl2N2O3. The molecule has 1 aromatic rings. The Morgan fingerprint density at radius 2 is 2.10 bits per heavy atom. The summed E-state index contributed by atoms with van der Waals surface area (Å²) < 4.78 is 10.6. The van der Waals surface area contributed by atoms with Gasteiger partial charge < -0.3 is 14.8 Å². The van der Waals surface area contributed by atoms with E-state index in [0.29, 0.717) is 10.8 Å². The average molecular weight is 321 g/mol. The van der Waals surface area contributed by atoms with Gasteiger partial charge in [0, 0.05) is 6.07 Å². The summed E-state index contributed by atoms with van der Waals surface area (Å²) in [5.74, 6) is 0.421. The highest BCUT2D eigenvalue weighted by Gasteiger charge is 2.18. The lowest BCUT2D eigenvalue weighted by Gasteiger charge is -2.22. The molecule has 1 N–H and O–H groups in total. The molecule has 0 spiro atoms. The largest absolute Gasteiger partial charge is 0.490 e. The van der Waals surface area contributed by atoms with Crippen LogP contribution in [0.15, 0.2) is 12.3 Å². The maximum absolute atomic E-state index is 11.6. The fourth-order valence-electron chi connectivity index (χ4n) is 1.27. The number of alkyl carbamates (subject to hydrolysis) is 1. The average Bonchev–Trinajstić information content (AvgIpc) is 2.27. The summed E-state index contributed by atoms with van der Waals surface area (Å²) in [4.78, 5) is 15.4. The zero-order valence-corrected chi connectivity index (χ0v) is 13.4. The Morgan fingerprint density at radius 1 is 1.45 bits per heavy atom. The van der Waals surface area contributed by atoms with Crippen molar-refractivity contribution in [1.82, 2.24) is 10.3 Å². The predicted molar refractivity (Wildman–Crippen MR) is 78.6 cm³/mol. The minimum atomic E-state index is -0.535. The first-order valence-corrected chi connectivity index (χ1v) is 6.86. The molecule has 1 amide bonds. The number of pyridine rings is 1. The maximum Gasteiger partial charge on any atom is 0.407 e. The molecule has 112 valence electrons. The van der Waals surface area contributed by atoms with Gasteiger partial charge >= 0.3 is 6.09 Å². The van der Waals surface area contributed by atoms with Crippen molar-refractivity contribution in [2.75, 3.05) is 6.61 Å². The van der Waals surface area contributed by atoms with Gasteiger partial charge in [-0.25, -0.2) is 9.78 Å². The first-order chi connectivity index (χ1) is 9.17. The lowest BCUT2D eigenvalue weighted by Crippen LogP contribution is -2.40. The van der Waals surface area contributed by atoms with Crippen LogP contribution in [-0.2, 0) is 4.74 Å². The third-order valence-corrected chi connectivity index (χ3v) is 2.53. The molecule has 1 heterocycles. The van der Waals surface area contributed by atoms with E-state index in [4.69, 9.17) is 32.7 Å². The van der Waals surface area contributed by atoms with Crippen molar-refractivity contribution in [2.24, 2.45) is 0 Å². The minimum absolute atomic E-state index is 0.235. The van der Waals surface area contributed by atoms with Gasteiger partial charge in [0.25, 0.3) is 0 Å². The van der Waals surface area contributed by atoms with Crippen LogP contribution in [0.1, 0.15) is 27.7 Å². The number of ether oxygens (including phenoxy) is 2. The number of nitrogens with one attached hydrogen (secondary N) is 1. The Morgan fingerprint density at radius 3 is 2.70 bits per heavy atom. The third-order valence-electron chi connectivity index (χ3n) is 2.04. The van der Waals surface area contributed by atoms with Gasteiger partial charge in [0.15, 0.2) is 0 Å². The second-order valence-corrected chi connectivity index (χ2v) is 6.09. The molecule has 0 aliphatic heterocycles. The van der Waals surface area contributed by atoms with E-state index in [1.807, 2.05) is 0 Å². The highest BCUT2D eigenvalue weighted by atomic mass is 35.5. The fraction of sp³-hybridized carbons (Fsp3) is 0.538. The lowest BCUT2D eigenvalue weighted by molar-refractivity contribution is 0.0494. The number of hydrogen-bond acceptors (Lipinski definition) is 4. The summed E-state index contributed by atoms with van der Waals surface area (Å²) in [7, 11) is 0. The van der Waals surface area contributed by atoms with Gasteiger partial charge in [-0.15, -0.1) is 0 Å². The van der Waals surface area contributed by atoms with E-state index >= 15 is 0 Å². The number of carbonyl (C=O) groups is 1. The molecule has 0 saturated carbocycles. The van der Waals surface area contributed by atoms with Gasteiger partial charge in [-0.05, 0) is 27.7 Å². The van der Waals surface area contributed by atoms with Gasteiger partial charge in [0.2, 0.25) is 0 Å². The van der Waals surface area contributed by atoms with Gasteiger partial charge in [-0.3, -0.25) is 0 Å². The number of amides is 1. The number of carbonyl (C=O) groups excluding carboxylic acids is 1. The molecule has 0 aromatic carbocycles. The highest BCUT2D eigenvalue weighted by Crippen LogP contribution is 2.25. The van der Waals surface area contributed by atoms with Crippen molar-refractivity contribution in [3.63, 3.8) is 0 Å². The highest BCUT2D eigenvalue weighted by molar-refractivity contribution is 6.33. The van der Waals surface area contributed by atoms with Crippen LogP contribution in [0, 0.1) is 0 Å². The molecule has 0 radical (unpaired) electrons. The Labute approximate surface area is 128 Å². The molecule has 20 heavy (non-hydrogen) atoms. The molecule has 0 aliphatic carbocycles. The fourth-order valence-corrected chi connectivity index (χ4v) is 1.58. The van der Waals surface area contributed by atoms with Crippen LogP contribution < -0.4 is 10.1 Å². The second-order valence-electron chi connectivity index (χ2n) is 5.30. The standard InChI is InChI=1S/C13H18Cl2N2O3/c1-8(17-12(18)20-13(2,3)4)7-19-10-5-11(15)16-6-9(10)14/h5-6,8H,7H2,1-4H3,(H,17,18). The van der Waals surface area contributed by atoms with E-state index in [-0.39, 0.29) is 17.8 Å². The van der Waals surface area contributed by atoms with Crippen molar-refractivity contribution in [2.45, 2.75) is 39.3 Å². The van der Waals surface area contributed by atoms with Gasteiger partial charge in [0.05, 0.1) is 12.2 Å². The Hall–Kier alpha value is -1.20. The maximum atomic E-state index is 11.6. The van der Waals surface area contributed by atoms with Gasteiger partial charge in [-0.2, -0.15) is 0 Å². The first kappa shape index (κ1) is 16.9. The minimum Gasteiger partial charge on any atom is -0.490 e. The molecule has 1 atom stereocenters. The summed E-state index contributed by atoms with van der Waals surface area (Å²) in [5, 5.41) is 3.31. The first-order valence-electron chi connectivity index (χ1n) is 6.11. The van der Waals surface area contributed by atoms with E-state index in [1.54, 1.807) is 27.7 Å².